The molecule has 1 fully saturated rings. The Morgan fingerprint density at radius 1 is 1.45 bits per heavy atom. The zero-order valence-electron chi connectivity index (χ0n) is 12.2. The van der Waals surface area contributed by atoms with Gasteiger partial charge in [-0.1, -0.05) is 13.3 Å². The van der Waals surface area contributed by atoms with Crippen molar-refractivity contribution < 1.29 is 19.5 Å². The topological polar surface area (TPSA) is 86.7 Å². The molecule has 0 aromatic rings. The van der Waals surface area contributed by atoms with E-state index in [1.807, 2.05) is 6.92 Å². The Morgan fingerprint density at radius 3 is 2.65 bits per heavy atom. The second-order valence-electron chi connectivity index (χ2n) is 5.46. The average Bonchev–Trinajstić information content (AvgIpc) is 2.73. The monoisotopic (exact) mass is 284 g/mol. The minimum atomic E-state index is -0.778. The maximum absolute atomic E-state index is 11.9. The molecule has 0 aromatic carbocycles. The summed E-state index contributed by atoms with van der Waals surface area (Å²) in [6, 6.07) is 0. The second-order valence-corrected chi connectivity index (χ2v) is 5.46. The molecule has 2 unspecified atom stereocenters. The van der Waals surface area contributed by atoms with Crippen LogP contribution in [0.1, 0.15) is 39.0 Å². The molecular formula is C14H24N2O4. The molecule has 2 amide bonds. The summed E-state index contributed by atoms with van der Waals surface area (Å²) in [6.45, 7) is 3.06. The van der Waals surface area contributed by atoms with Crippen LogP contribution in [-0.2, 0) is 14.4 Å². The van der Waals surface area contributed by atoms with E-state index in [0.29, 0.717) is 31.8 Å². The Bertz CT molecular complexity index is 370. The smallest absolute Gasteiger partial charge is 0.303 e. The summed E-state index contributed by atoms with van der Waals surface area (Å²) < 4.78 is 0. The summed E-state index contributed by atoms with van der Waals surface area (Å²) >= 11 is 0. The molecule has 0 radical (unpaired) electrons. The molecule has 6 heteroatoms. The molecule has 1 heterocycles. The zero-order valence-corrected chi connectivity index (χ0v) is 12.2. The van der Waals surface area contributed by atoms with E-state index in [4.69, 9.17) is 5.11 Å². The molecule has 1 rings (SSSR count). The van der Waals surface area contributed by atoms with E-state index in [9.17, 15) is 14.4 Å². The first kappa shape index (κ1) is 16.5. The predicted octanol–water partition coefficient (Wildman–Crippen LogP) is 0.862. The van der Waals surface area contributed by atoms with Crippen LogP contribution in [0.5, 0.6) is 0 Å². The fraction of sp³-hybridized carbons (Fsp3) is 0.786. The molecule has 0 aromatic heterocycles. The minimum absolute atomic E-state index is 0.0121. The van der Waals surface area contributed by atoms with Gasteiger partial charge in [-0.15, -0.1) is 0 Å². The largest absolute Gasteiger partial charge is 0.481 e. The first-order chi connectivity index (χ1) is 9.43. The zero-order chi connectivity index (χ0) is 15.1. The van der Waals surface area contributed by atoms with Crippen molar-refractivity contribution in [2.45, 2.75) is 39.0 Å². The van der Waals surface area contributed by atoms with Gasteiger partial charge in [-0.25, -0.2) is 0 Å². The van der Waals surface area contributed by atoms with Gasteiger partial charge in [0, 0.05) is 33.0 Å². The molecule has 0 bridgehead atoms. The van der Waals surface area contributed by atoms with E-state index in [2.05, 4.69) is 5.32 Å². The lowest BCUT2D eigenvalue weighted by Gasteiger charge is -2.15. The Hall–Kier alpha value is -1.59. The number of nitrogens with zero attached hydrogens (tertiary/aromatic N) is 1. The van der Waals surface area contributed by atoms with Gasteiger partial charge in [-0.05, 0) is 18.8 Å². The molecule has 0 spiro atoms. The Labute approximate surface area is 119 Å². The van der Waals surface area contributed by atoms with Crippen LogP contribution in [0.15, 0.2) is 0 Å². The Kier molecular flexibility index (Phi) is 6.48. The predicted molar refractivity (Wildman–Crippen MR) is 74.0 cm³/mol. The van der Waals surface area contributed by atoms with Crippen molar-refractivity contribution in [3.05, 3.63) is 0 Å². The SMILES string of the molecule is CCC(CCNC(=O)C1CC(=O)N(C)C1)CCC(=O)O. The van der Waals surface area contributed by atoms with Crippen LogP contribution in [0.25, 0.3) is 0 Å². The van der Waals surface area contributed by atoms with Gasteiger partial charge in [-0.3, -0.25) is 14.4 Å². The van der Waals surface area contributed by atoms with Gasteiger partial charge in [0.1, 0.15) is 0 Å². The number of carboxylic acid groups (broad SMARTS) is 1. The molecular weight excluding hydrogens is 260 g/mol. The molecule has 1 aliphatic rings. The maximum Gasteiger partial charge on any atom is 0.303 e. The number of carbonyl (C=O) groups excluding carboxylic acids is 2. The highest BCUT2D eigenvalue weighted by Gasteiger charge is 2.31. The first-order valence-corrected chi connectivity index (χ1v) is 7.17. The van der Waals surface area contributed by atoms with Crippen molar-refractivity contribution in [3.8, 4) is 0 Å². The van der Waals surface area contributed by atoms with Crippen LogP contribution in [-0.4, -0.2) is 47.9 Å². The van der Waals surface area contributed by atoms with Gasteiger partial charge in [0.2, 0.25) is 11.8 Å². The number of amides is 2. The minimum Gasteiger partial charge on any atom is -0.481 e. The van der Waals surface area contributed by atoms with Gasteiger partial charge in [-0.2, -0.15) is 0 Å². The normalized spacial score (nSPS) is 20.0. The van der Waals surface area contributed by atoms with Crippen molar-refractivity contribution in [2.75, 3.05) is 20.1 Å². The summed E-state index contributed by atoms with van der Waals surface area (Å²) in [5, 5.41) is 11.5. The van der Waals surface area contributed by atoms with Gasteiger partial charge in [0.25, 0.3) is 0 Å². The third-order valence-electron chi connectivity index (χ3n) is 3.91. The van der Waals surface area contributed by atoms with E-state index in [1.165, 1.54) is 0 Å². The van der Waals surface area contributed by atoms with E-state index >= 15 is 0 Å². The van der Waals surface area contributed by atoms with Gasteiger partial charge >= 0.3 is 5.97 Å². The molecule has 114 valence electrons. The molecule has 0 aliphatic carbocycles. The van der Waals surface area contributed by atoms with Crippen LogP contribution in [0, 0.1) is 11.8 Å². The molecule has 0 saturated carbocycles. The van der Waals surface area contributed by atoms with Gasteiger partial charge < -0.3 is 15.3 Å². The lowest BCUT2D eigenvalue weighted by atomic mass is 9.96. The van der Waals surface area contributed by atoms with Crippen LogP contribution in [0.3, 0.4) is 0 Å². The number of carboxylic acids is 1. The summed E-state index contributed by atoms with van der Waals surface area (Å²) in [7, 11) is 1.70. The molecule has 1 aliphatic heterocycles. The number of hydrogen-bond donors (Lipinski definition) is 2. The Morgan fingerprint density at radius 2 is 2.15 bits per heavy atom. The first-order valence-electron chi connectivity index (χ1n) is 7.17. The summed E-state index contributed by atoms with van der Waals surface area (Å²) in [5.41, 5.74) is 0. The van der Waals surface area contributed by atoms with E-state index in [1.54, 1.807) is 11.9 Å². The summed E-state index contributed by atoms with van der Waals surface area (Å²) in [6.07, 6.45) is 2.80. The molecule has 6 nitrogen and oxygen atoms in total. The molecule has 1 saturated heterocycles. The number of nitrogens with one attached hydrogen (secondary N) is 1. The van der Waals surface area contributed by atoms with Crippen molar-refractivity contribution in [1.82, 2.24) is 10.2 Å². The second kappa shape index (κ2) is 7.87. The van der Waals surface area contributed by atoms with Crippen molar-refractivity contribution in [2.24, 2.45) is 11.8 Å². The lowest BCUT2D eigenvalue weighted by molar-refractivity contribution is -0.137. The number of hydrogen-bond acceptors (Lipinski definition) is 3. The number of aliphatic carboxylic acids is 1. The number of likely N-dealkylation sites (tertiary alicyclic amines) is 1. The van der Waals surface area contributed by atoms with Crippen LogP contribution >= 0.6 is 0 Å². The third-order valence-corrected chi connectivity index (χ3v) is 3.91. The standard InChI is InChI=1S/C14H24N2O4/c1-3-10(4-5-13(18)19)6-7-15-14(20)11-8-12(17)16(2)9-11/h10-11H,3-9H2,1-2H3,(H,15,20)(H,18,19). The highest BCUT2D eigenvalue weighted by atomic mass is 16.4. The third kappa shape index (κ3) is 5.19. The fourth-order valence-corrected chi connectivity index (χ4v) is 2.46. The van der Waals surface area contributed by atoms with Crippen molar-refractivity contribution in [3.63, 3.8) is 0 Å². The van der Waals surface area contributed by atoms with E-state index in [0.717, 1.165) is 12.8 Å². The lowest BCUT2D eigenvalue weighted by Crippen LogP contribution is -2.33. The average molecular weight is 284 g/mol. The summed E-state index contributed by atoms with van der Waals surface area (Å²) in [5.74, 6) is -0.764. The Balaban J connectivity index is 2.23. The van der Waals surface area contributed by atoms with Gasteiger partial charge in [0.05, 0.1) is 5.92 Å². The highest BCUT2D eigenvalue weighted by Crippen LogP contribution is 2.17. The van der Waals surface area contributed by atoms with Gasteiger partial charge in [0.15, 0.2) is 0 Å². The maximum atomic E-state index is 11.9. The molecule has 20 heavy (non-hydrogen) atoms. The van der Waals surface area contributed by atoms with Crippen LogP contribution < -0.4 is 5.32 Å². The van der Waals surface area contributed by atoms with E-state index in [-0.39, 0.29) is 24.2 Å². The highest BCUT2D eigenvalue weighted by molar-refractivity contribution is 5.89. The number of rotatable bonds is 8. The van der Waals surface area contributed by atoms with Crippen LogP contribution in [0.2, 0.25) is 0 Å². The van der Waals surface area contributed by atoms with Crippen LogP contribution in [0.4, 0.5) is 0 Å². The molecule has 2 atom stereocenters. The molecule has 2 N–H and O–H groups in total. The number of carbonyl (C=O) groups is 3. The fourth-order valence-electron chi connectivity index (χ4n) is 2.46. The van der Waals surface area contributed by atoms with Crippen molar-refractivity contribution in [1.29, 1.82) is 0 Å². The summed E-state index contributed by atoms with van der Waals surface area (Å²) in [4.78, 5) is 35.4. The van der Waals surface area contributed by atoms with Crippen molar-refractivity contribution >= 4 is 17.8 Å². The van der Waals surface area contributed by atoms with E-state index < -0.39 is 5.97 Å². The quantitative estimate of drug-likeness (QED) is 0.692.